The third kappa shape index (κ3) is 2.19. The van der Waals surface area contributed by atoms with Crippen LogP contribution in [-0.4, -0.2) is 28.1 Å². The summed E-state index contributed by atoms with van der Waals surface area (Å²) < 4.78 is 0.655. The van der Waals surface area contributed by atoms with Crippen LogP contribution in [0.5, 0.6) is 0 Å². The lowest BCUT2D eigenvalue weighted by Crippen LogP contribution is -2.33. The fraction of sp³-hybridized carbons (Fsp3) is 0.500. The molecule has 1 aromatic carbocycles. The van der Waals surface area contributed by atoms with Crippen molar-refractivity contribution < 1.29 is 14.8 Å². The molecule has 2 fully saturated rings. The molecule has 2 saturated heterocycles. The van der Waals surface area contributed by atoms with E-state index in [1.165, 1.54) is 6.07 Å². The smallest absolute Gasteiger partial charge is 0.308 e. The van der Waals surface area contributed by atoms with Gasteiger partial charge in [0.2, 0.25) is 0 Å². The molecule has 0 radical (unpaired) electrons. The van der Waals surface area contributed by atoms with Crippen molar-refractivity contribution in [1.29, 1.82) is 0 Å². The molecule has 2 heterocycles. The van der Waals surface area contributed by atoms with Gasteiger partial charge in [0.25, 0.3) is 5.69 Å². The van der Waals surface area contributed by atoms with Crippen molar-refractivity contribution in [3.05, 3.63) is 32.3 Å². The van der Waals surface area contributed by atoms with Crippen molar-refractivity contribution in [3.8, 4) is 0 Å². The van der Waals surface area contributed by atoms with Crippen LogP contribution >= 0.6 is 15.9 Å². The third-order valence-corrected chi connectivity index (χ3v) is 5.23. The highest BCUT2D eigenvalue weighted by Gasteiger charge is 2.49. The average molecular weight is 355 g/mol. The molecule has 6 nitrogen and oxygen atoms in total. The van der Waals surface area contributed by atoms with Crippen LogP contribution < -0.4 is 4.90 Å². The average Bonchev–Trinajstić information content (AvgIpc) is 2.98. The highest BCUT2D eigenvalue weighted by atomic mass is 79.9. The van der Waals surface area contributed by atoms with Gasteiger partial charge < -0.3 is 10.0 Å². The van der Waals surface area contributed by atoms with Crippen molar-refractivity contribution in [2.45, 2.75) is 38.3 Å². The number of hydrogen-bond acceptors (Lipinski definition) is 4. The molecule has 3 atom stereocenters. The van der Waals surface area contributed by atoms with Gasteiger partial charge in [-0.15, -0.1) is 0 Å². The fourth-order valence-electron chi connectivity index (χ4n) is 3.68. The summed E-state index contributed by atoms with van der Waals surface area (Å²) in [5.74, 6) is -1.09. The van der Waals surface area contributed by atoms with Crippen LogP contribution in [0.25, 0.3) is 0 Å². The first-order valence-electron chi connectivity index (χ1n) is 6.86. The molecule has 2 aliphatic heterocycles. The molecule has 7 heteroatoms. The Morgan fingerprint density at radius 2 is 2.19 bits per heavy atom. The number of halogens is 1. The molecular weight excluding hydrogens is 340 g/mol. The van der Waals surface area contributed by atoms with Crippen LogP contribution in [0.2, 0.25) is 0 Å². The van der Waals surface area contributed by atoms with E-state index < -0.39 is 10.9 Å². The quantitative estimate of drug-likeness (QED) is 0.665. The zero-order chi connectivity index (χ0) is 15.3. The van der Waals surface area contributed by atoms with Crippen LogP contribution in [0.3, 0.4) is 0 Å². The molecule has 2 aliphatic rings. The number of carboxylic acids is 1. The Kier molecular flexibility index (Phi) is 3.39. The van der Waals surface area contributed by atoms with Gasteiger partial charge in [0.05, 0.1) is 16.5 Å². The van der Waals surface area contributed by atoms with Crippen LogP contribution in [0.15, 0.2) is 16.6 Å². The number of nitrogens with zero attached hydrogens (tertiary/aromatic N) is 2. The van der Waals surface area contributed by atoms with Gasteiger partial charge in [0.15, 0.2) is 0 Å². The molecule has 3 rings (SSSR count). The summed E-state index contributed by atoms with van der Waals surface area (Å²) in [5, 5.41) is 20.3. The topological polar surface area (TPSA) is 83.7 Å². The minimum absolute atomic E-state index is 0.00958. The maximum Gasteiger partial charge on any atom is 0.308 e. The van der Waals surface area contributed by atoms with Crippen molar-refractivity contribution in [2.75, 3.05) is 4.90 Å². The molecule has 0 aromatic heterocycles. The van der Waals surface area contributed by atoms with Gasteiger partial charge in [-0.05, 0) is 48.2 Å². The molecule has 112 valence electrons. The number of nitro groups is 1. The first-order valence-corrected chi connectivity index (χ1v) is 7.65. The number of anilines is 1. The Hall–Kier alpha value is -1.63. The number of nitro benzene ring substituents is 1. The van der Waals surface area contributed by atoms with Gasteiger partial charge in [-0.2, -0.15) is 0 Å². The second kappa shape index (κ2) is 4.98. The summed E-state index contributed by atoms with van der Waals surface area (Å²) in [6, 6.07) is 3.51. The van der Waals surface area contributed by atoms with E-state index in [0.29, 0.717) is 16.5 Å². The SMILES string of the molecule is Cc1cc(N2C3CCC2C(C(=O)O)C3)c(Br)cc1[N+](=O)[O-]. The van der Waals surface area contributed by atoms with E-state index in [0.717, 1.165) is 18.5 Å². The minimum Gasteiger partial charge on any atom is -0.481 e. The van der Waals surface area contributed by atoms with Crippen molar-refractivity contribution in [3.63, 3.8) is 0 Å². The molecule has 2 bridgehead atoms. The molecule has 0 aliphatic carbocycles. The Morgan fingerprint density at radius 1 is 1.48 bits per heavy atom. The Balaban J connectivity index is 2.00. The molecule has 0 amide bonds. The number of fused-ring (bicyclic) bond motifs is 2. The van der Waals surface area contributed by atoms with E-state index in [2.05, 4.69) is 20.8 Å². The van der Waals surface area contributed by atoms with Gasteiger partial charge in [-0.3, -0.25) is 14.9 Å². The lowest BCUT2D eigenvalue weighted by Gasteiger charge is -2.26. The molecule has 1 aromatic rings. The molecule has 0 spiro atoms. The number of aryl methyl sites for hydroxylation is 1. The summed E-state index contributed by atoms with van der Waals surface area (Å²) in [6.45, 7) is 1.71. The van der Waals surface area contributed by atoms with Crippen LogP contribution in [0, 0.1) is 23.0 Å². The van der Waals surface area contributed by atoms with Crippen LogP contribution in [0.1, 0.15) is 24.8 Å². The van der Waals surface area contributed by atoms with Crippen molar-refractivity contribution in [2.24, 2.45) is 5.92 Å². The normalized spacial score (nSPS) is 27.1. The molecular formula is C14H15BrN2O4. The summed E-state index contributed by atoms with van der Waals surface area (Å²) >= 11 is 3.41. The van der Waals surface area contributed by atoms with E-state index in [-0.39, 0.29) is 23.7 Å². The van der Waals surface area contributed by atoms with Gasteiger partial charge in [0, 0.05) is 28.2 Å². The summed E-state index contributed by atoms with van der Waals surface area (Å²) in [4.78, 5) is 24.1. The predicted molar refractivity (Wildman–Crippen MR) is 80.6 cm³/mol. The lowest BCUT2D eigenvalue weighted by atomic mass is 9.89. The monoisotopic (exact) mass is 354 g/mol. The maximum atomic E-state index is 11.3. The molecule has 3 unspecified atom stereocenters. The van der Waals surface area contributed by atoms with Crippen molar-refractivity contribution in [1.82, 2.24) is 0 Å². The van der Waals surface area contributed by atoms with Gasteiger partial charge in [0.1, 0.15) is 0 Å². The first kappa shape index (κ1) is 14.3. The maximum absolute atomic E-state index is 11.3. The zero-order valence-corrected chi connectivity index (χ0v) is 13.0. The van der Waals surface area contributed by atoms with E-state index >= 15 is 0 Å². The van der Waals surface area contributed by atoms with Gasteiger partial charge in [-0.1, -0.05) is 0 Å². The third-order valence-electron chi connectivity index (χ3n) is 4.59. The highest BCUT2D eigenvalue weighted by molar-refractivity contribution is 9.10. The van der Waals surface area contributed by atoms with Crippen molar-refractivity contribution >= 4 is 33.3 Å². The van der Waals surface area contributed by atoms with Crippen LogP contribution in [0.4, 0.5) is 11.4 Å². The standard InChI is InChI=1S/C14H15BrN2O4/c1-7-4-13(10(15)6-12(7)17(20)21)16-8-2-3-11(16)9(5-8)14(18)19/h4,6,8-9,11H,2-3,5H2,1H3,(H,18,19). The number of carboxylic acid groups (broad SMARTS) is 1. The second-order valence-corrected chi connectivity index (χ2v) is 6.59. The largest absolute Gasteiger partial charge is 0.481 e. The molecule has 21 heavy (non-hydrogen) atoms. The van der Waals surface area contributed by atoms with Gasteiger partial charge in [-0.25, -0.2) is 0 Å². The predicted octanol–water partition coefficient (Wildman–Crippen LogP) is 3.11. The highest BCUT2D eigenvalue weighted by Crippen LogP contribution is 2.47. The summed E-state index contributed by atoms with van der Waals surface area (Å²) in [6.07, 6.45) is 2.50. The van der Waals surface area contributed by atoms with E-state index in [1.54, 1.807) is 13.0 Å². The Labute approximate surface area is 130 Å². The summed E-state index contributed by atoms with van der Waals surface area (Å²) in [5.41, 5.74) is 1.54. The Morgan fingerprint density at radius 3 is 2.76 bits per heavy atom. The minimum atomic E-state index is -0.748. The number of benzene rings is 1. The number of rotatable bonds is 3. The Bertz CT molecular complexity index is 634. The van der Waals surface area contributed by atoms with E-state index in [9.17, 15) is 20.0 Å². The zero-order valence-electron chi connectivity index (χ0n) is 11.5. The molecule has 1 N–H and O–H groups in total. The molecule has 0 saturated carbocycles. The number of carbonyl (C=O) groups is 1. The summed E-state index contributed by atoms with van der Waals surface area (Å²) in [7, 11) is 0. The van der Waals surface area contributed by atoms with Gasteiger partial charge >= 0.3 is 5.97 Å². The van der Waals surface area contributed by atoms with Crippen LogP contribution in [-0.2, 0) is 4.79 Å². The lowest BCUT2D eigenvalue weighted by molar-refractivity contribution is -0.385. The van der Waals surface area contributed by atoms with E-state index in [4.69, 9.17) is 0 Å². The number of aliphatic carboxylic acids is 1. The van der Waals surface area contributed by atoms with E-state index in [1.807, 2.05) is 0 Å². The number of hydrogen-bond donors (Lipinski definition) is 1. The first-order chi connectivity index (χ1) is 9.90. The fourth-order valence-corrected chi connectivity index (χ4v) is 4.22. The second-order valence-electron chi connectivity index (χ2n) is 5.73.